The maximum absolute atomic E-state index is 13.9. The topological polar surface area (TPSA) is 86.8 Å². The van der Waals surface area contributed by atoms with Crippen molar-refractivity contribution in [2.45, 2.75) is 25.9 Å². The number of anilines is 1. The van der Waals surface area contributed by atoms with Crippen molar-refractivity contribution in [3.05, 3.63) is 99.5 Å². The van der Waals surface area contributed by atoms with Gasteiger partial charge in [0.15, 0.2) is 0 Å². The predicted molar refractivity (Wildman–Crippen MR) is 148 cm³/mol. The van der Waals surface area contributed by atoms with Gasteiger partial charge >= 0.3 is 0 Å². The van der Waals surface area contributed by atoms with Gasteiger partial charge in [0.05, 0.1) is 22.0 Å². The molecule has 1 N–H and O–H groups in total. The van der Waals surface area contributed by atoms with E-state index >= 15 is 0 Å². The third-order valence-electron chi connectivity index (χ3n) is 5.99. The van der Waals surface area contributed by atoms with Gasteiger partial charge in [0.1, 0.15) is 12.6 Å². The second-order valence-corrected chi connectivity index (χ2v) is 11.4. The van der Waals surface area contributed by atoms with Gasteiger partial charge in [-0.1, -0.05) is 77.8 Å². The number of hydrogen-bond donors (Lipinski definition) is 1. The van der Waals surface area contributed by atoms with E-state index < -0.39 is 28.5 Å². The summed E-state index contributed by atoms with van der Waals surface area (Å²) >= 11 is 12.1. The molecule has 3 aromatic rings. The summed E-state index contributed by atoms with van der Waals surface area (Å²) in [7, 11) is -2.37. The van der Waals surface area contributed by atoms with Crippen molar-refractivity contribution >= 4 is 50.7 Å². The van der Waals surface area contributed by atoms with Crippen LogP contribution in [0.15, 0.2) is 72.8 Å². The zero-order chi connectivity index (χ0) is 27.2. The fraction of sp³-hybridized carbons (Fsp3) is 0.259. The first-order valence-corrected chi connectivity index (χ1v) is 14.1. The van der Waals surface area contributed by atoms with Crippen LogP contribution < -0.4 is 9.62 Å². The number of nitrogens with zero attached hydrogens (tertiary/aromatic N) is 2. The van der Waals surface area contributed by atoms with Crippen LogP contribution in [0.2, 0.25) is 10.0 Å². The van der Waals surface area contributed by atoms with Crippen LogP contribution in [0.5, 0.6) is 0 Å². The largest absolute Gasteiger partial charge is 0.357 e. The van der Waals surface area contributed by atoms with E-state index in [-0.39, 0.29) is 34.6 Å². The second kappa shape index (κ2) is 12.4. The molecule has 0 aromatic heterocycles. The highest BCUT2D eigenvalue weighted by molar-refractivity contribution is 7.92. The van der Waals surface area contributed by atoms with Crippen LogP contribution in [0.25, 0.3) is 0 Å². The number of rotatable bonds is 10. The first kappa shape index (κ1) is 28.5. The number of halogens is 2. The fourth-order valence-corrected chi connectivity index (χ4v) is 5.08. The van der Waals surface area contributed by atoms with Gasteiger partial charge in [-0.05, 0) is 41.8 Å². The van der Waals surface area contributed by atoms with Crippen molar-refractivity contribution in [3.63, 3.8) is 0 Å². The van der Waals surface area contributed by atoms with E-state index in [1.54, 1.807) is 0 Å². The molecule has 0 aliphatic carbocycles. The molecule has 10 heteroatoms. The number of nitrogens with one attached hydrogen (secondary N) is 1. The molecule has 1 unspecified atom stereocenters. The number of amides is 2. The molecule has 0 fully saturated rings. The SMILES string of the molecule is CNC(=O)C(Cc1ccccc1)N(Cc1ccccc1C)C(=O)CN(c1ccc(Cl)c(Cl)c1)S(C)(=O)=O. The zero-order valence-electron chi connectivity index (χ0n) is 20.8. The lowest BCUT2D eigenvalue weighted by Crippen LogP contribution is -2.53. The van der Waals surface area contributed by atoms with Gasteiger partial charge in [0.25, 0.3) is 0 Å². The number of carbonyl (C=O) groups excluding carboxylic acids is 2. The highest BCUT2D eigenvalue weighted by Crippen LogP contribution is 2.29. The Morgan fingerprint density at radius 1 is 0.946 bits per heavy atom. The molecule has 0 heterocycles. The Labute approximate surface area is 228 Å². The number of likely N-dealkylation sites (N-methyl/N-ethyl adjacent to an activating group) is 1. The van der Waals surface area contributed by atoms with E-state index in [2.05, 4.69) is 5.32 Å². The Hall–Kier alpha value is -3.07. The van der Waals surface area contributed by atoms with E-state index in [0.29, 0.717) is 0 Å². The number of carbonyl (C=O) groups is 2. The van der Waals surface area contributed by atoms with Crippen molar-refractivity contribution in [2.24, 2.45) is 0 Å². The van der Waals surface area contributed by atoms with Crippen LogP contribution in [0.4, 0.5) is 5.69 Å². The van der Waals surface area contributed by atoms with Gasteiger partial charge in [-0.15, -0.1) is 0 Å². The minimum atomic E-state index is -3.88. The van der Waals surface area contributed by atoms with Crippen molar-refractivity contribution in [1.82, 2.24) is 10.2 Å². The summed E-state index contributed by atoms with van der Waals surface area (Å²) in [5, 5.41) is 3.07. The normalized spacial score (nSPS) is 12.0. The second-order valence-electron chi connectivity index (χ2n) is 8.64. The van der Waals surface area contributed by atoms with E-state index in [1.165, 1.54) is 30.1 Å². The number of aryl methyl sites for hydroxylation is 1. The third-order valence-corrected chi connectivity index (χ3v) is 7.87. The molecule has 0 saturated heterocycles. The lowest BCUT2D eigenvalue weighted by Gasteiger charge is -2.33. The van der Waals surface area contributed by atoms with Gasteiger partial charge < -0.3 is 10.2 Å². The fourth-order valence-electron chi connectivity index (χ4n) is 3.95. The minimum Gasteiger partial charge on any atom is -0.357 e. The molecule has 196 valence electrons. The van der Waals surface area contributed by atoms with Gasteiger partial charge in [-0.3, -0.25) is 13.9 Å². The summed E-state index contributed by atoms with van der Waals surface area (Å²) in [6.07, 6.45) is 1.26. The Bertz CT molecular complexity index is 1370. The third kappa shape index (κ3) is 7.47. The molecule has 0 aliphatic heterocycles. The van der Waals surface area contributed by atoms with E-state index in [9.17, 15) is 18.0 Å². The molecule has 0 aliphatic rings. The minimum absolute atomic E-state index is 0.120. The van der Waals surface area contributed by atoms with Gasteiger partial charge in [-0.25, -0.2) is 8.42 Å². The maximum atomic E-state index is 13.9. The monoisotopic (exact) mass is 561 g/mol. The van der Waals surface area contributed by atoms with Crippen molar-refractivity contribution in [3.8, 4) is 0 Å². The summed E-state index contributed by atoms with van der Waals surface area (Å²) < 4.78 is 26.5. The summed E-state index contributed by atoms with van der Waals surface area (Å²) in [5.41, 5.74) is 2.85. The molecular weight excluding hydrogens is 533 g/mol. The molecule has 0 radical (unpaired) electrons. The van der Waals surface area contributed by atoms with Gasteiger partial charge in [0, 0.05) is 20.0 Å². The Kier molecular flexibility index (Phi) is 9.59. The van der Waals surface area contributed by atoms with Crippen molar-refractivity contribution in [2.75, 3.05) is 24.2 Å². The lowest BCUT2D eigenvalue weighted by atomic mass is 10.0. The van der Waals surface area contributed by atoms with Crippen LogP contribution in [0.1, 0.15) is 16.7 Å². The maximum Gasteiger partial charge on any atom is 0.244 e. The first-order valence-electron chi connectivity index (χ1n) is 11.5. The van der Waals surface area contributed by atoms with E-state index in [0.717, 1.165) is 27.3 Å². The van der Waals surface area contributed by atoms with Crippen LogP contribution in [0.3, 0.4) is 0 Å². The molecule has 3 rings (SSSR count). The number of benzene rings is 3. The molecule has 2 amide bonds. The Morgan fingerprint density at radius 2 is 1.59 bits per heavy atom. The van der Waals surface area contributed by atoms with E-state index in [1.807, 2.05) is 61.5 Å². The van der Waals surface area contributed by atoms with Gasteiger partial charge in [-0.2, -0.15) is 0 Å². The quantitative estimate of drug-likeness (QED) is 0.396. The molecule has 1 atom stereocenters. The Balaban J connectivity index is 2.05. The molecule has 0 bridgehead atoms. The van der Waals surface area contributed by atoms with Crippen molar-refractivity contribution in [1.29, 1.82) is 0 Å². The van der Waals surface area contributed by atoms with Crippen LogP contribution in [-0.2, 0) is 32.6 Å². The first-order chi connectivity index (χ1) is 17.5. The van der Waals surface area contributed by atoms with Crippen LogP contribution >= 0.6 is 23.2 Å². The predicted octanol–water partition coefficient (Wildman–Crippen LogP) is 4.45. The molecule has 3 aromatic carbocycles. The number of sulfonamides is 1. The molecule has 7 nitrogen and oxygen atoms in total. The number of hydrogen-bond acceptors (Lipinski definition) is 4. The highest BCUT2D eigenvalue weighted by Gasteiger charge is 2.33. The van der Waals surface area contributed by atoms with E-state index in [4.69, 9.17) is 23.2 Å². The average Bonchev–Trinajstić information content (AvgIpc) is 2.86. The van der Waals surface area contributed by atoms with Crippen LogP contribution in [-0.4, -0.2) is 51.0 Å². The molecule has 37 heavy (non-hydrogen) atoms. The smallest absolute Gasteiger partial charge is 0.244 e. The summed E-state index contributed by atoms with van der Waals surface area (Å²) in [4.78, 5) is 28.4. The lowest BCUT2D eigenvalue weighted by molar-refractivity contribution is -0.139. The molecular formula is C27H29Cl2N3O4S. The summed E-state index contributed by atoms with van der Waals surface area (Å²) in [5.74, 6) is -0.893. The Morgan fingerprint density at radius 3 is 2.19 bits per heavy atom. The average molecular weight is 563 g/mol. The zero-order valence-corrected chi connectivity index (χ0v) is 23.1. The van der Waals surface area contributed by atoms with Gasteiger partial charge in [0.2, 0.25) is 21.8 Å². The summed E-state index contributed by atoms with van der Waals surface area (Å²) in [6, 6.07) is 20.4. The molecule has 0 spiro atoms. The van der Waals surface area contributed by atoms with Crippen LogP contribution in [0, 0.1) is 6.92 Å². The highest BCUT2D eigenvalue weighted by atomic mass is 35.5. The molecule has 0 saturated carbocycles. The summed E-state index contributed by atoms with van der Waals surface area (Å²) in [6.45, 7) is 1.52. The standard InChI is InChI=1S/C27H29Cl2N3O4S/c1-19-9-7-8-12-21(19)17-31(25(27(34)30-2)15-20-10-5-4-6-11-20)26(33)18-32(37(3,35)36)22-13-14-23(28)24(29)16-22/h4-14,16,25H,15,17-18H2,1-3H3,(H,30,34). The van der Waals surface area contributed by atoms with Crippen molar-refractivity contribution < 1.29 is 18.0 Å².